The molecule has 1 unspecified atom stereocenters. The average molecular weight is 454 g/mol. The van der Waals surface area contributed by atoms with Crippen LogP contribution in [-0.4, -0.2) is 39.4 Å². The maximum absolute atomic E-state index is 12.5. The number of nitrogens with zero attached hydrogens (tertiary/aromatic N) is 3. The first-order valence-electron chi connectivity index (χ1n) is 10.1. The molecule has 0 aliphatic carbocycles. The number of carbonyl (C=O) groups is 2. The molecule has 0 spiro atoms. The minimum atomic E-state index is -0.361. The summed E-state index contributed by atoms with van der Waals surface area (Å²) in [5.41, 5.74) is 3.43. The van der Waals surface area contributed by atoms with Crippen molar-refractivity contribution < 1.29 is 14.3 Å². The van der Waals surface area contributed by atoms with Crippen molar-refractivity contribution in [3.63, 3.8) is 0 Å². The second kappa shape index (κ2) is 10.3. The fourth-order valence-electron chi connectivity index (χ4n) is 3.10. The minimum absolute atomic E-state index is 0.117. The lowest BCUT2D eigenvalue weighted by Gasteiger charge is -2.14. The predicted molar refractivity (Wildman–Crippen MR) is 125 cm³/mol. The van der Waals surface area contributed by atoms with E-state index >= 15 is 0 Å². The zero-order chi connectivity index (χ0) is 23.3. The Morgan fingerprint density at radius 1 is 1.12 bits per heavy atom. The van der Waals surface area contributed by atoms with Gasteiger partial charge in [-0.1, -0.05) is 23.9 Å². The third-order valence-electron chi connectivity index (χ3n) is 4.96. The number of nitrogens with one attached hydrogen (secondary N) is 2. The fourth-order valence-corrected chi connectivity index (χ4v) is 3.82. The van der Waals surface area contributed by atoms with Gasteiger partial charge in [-0.2, -0.15) is 0 Å². The summed E-state index contributed by atoms with van der Waals surface area (Å²) in [5.74, 6) is 1.15. The highest BCUT2D eigenvalue weighted by molar-refractivity contribution is 7.99. The normalized spacial score (nSPS) is 11.7. The molecule has 1 heterocycles. The van der Waals surface area contributed by atoms with Gasteiger partial charge in [-0.3, -0.25) is 9.59 Å². The number of anilines is 1. The van der Waals surface area contributed by atoms with Gasteiger partial charge in [0.25, 0.3) is 5.91 Å². The summed E-state index contributed by atoms with van der Waals surface area (Å²) in [6.07, 6.45) is 0. The summed E-state index contributed by atoms with van der Waals surface area (Å²) in [7, 11) is 3.39. The Morgan fingerprint density at radius 2 is 1.84 bits per heavy atom. The standard InChI is InChI=1S/C23H27N5O3S/c1-14-6-7-15(2)19(12-14)25-20(29)13-32-23-27-26-21(28(23)4)16(3)24-22(30)17-8-10-18(31-5)11-9-17/h6-12,16H,13H2,1-5H3,(H,24,30)(H,25,29). The van der Waals surface area contributed by atoms with Crippen LogP contribution in [0.5, 0.6) is 5.75 Å². The fraction of sp³-hybridized carbons (Fsp3) is 0.304. The lowest BCUT2D eigenvalue weighted by molar-refractivity contribution is -0.113. The zero-order valence-corrected chi connectivity index (χ0v) is 19.6. The largest absolute Gasteiger partial charge is 0.497 e. The molecule has 3 aromatic rings. The molecular weight excluding hydrogens is 426 g/mol. The van der Waals surface area contributed by atoms with Gasteiger partial charge in [0.15, 0.2) is 11.0 Å². The lowest BCUT2D eigenvalue weighted by atomic mass is 10.1. The Hall–Kier alpha value is -3.33. The van der Waals surface area contributed by atoms with Crippen LogP contribution in [0.3, 0.4) is 0 Å². The van der Waals surface area contributed by atoms with Crippen LogP contribution >= 0.6 is 11.8 Å². The van der Waals surface area contributed by atoms with Crippen molar-refractivity contribution in [3.05, 3.63) is 65.0 Å². The summed E-state index contributed by atoms with van der Waals surface area (Å²) in [5, 5.41) is 14.8. The first kappa shape index (κ1) is 23.3. The van der Waals surface area contributed by atoms with Gasteiger partial charge in [0.1, 0.15) is 5.75 Å². The van der Waals surface area contributed by atoms with Crippen molar-refractivity contribution in [1.29, 1.82) is 0 Å². The van der Waals surface area contributed by atoms with E-state index in [1.807, 2.05) is 46.0 Å². The molecular formula is C23H27N5O3S. The highest BCUT2D eigenvalue weighted by Gasteiger charge is 2.19. The Kier molecular flexibility index (Phi) is 7.53. The van der Waals surface area contributed by atoms with Gasteiger partial charge in [-0.05, 0) is 62.2 Å². The number of aromatic nitrogens is 3. The molecule has 2 aromatic carbocycles. The molecule has 0 fully saturated rings. The molecule has 1 atom stereocenters. The number of amides is 2. The monoisotopic (exact) mass is 453 g/mol. The quantitative estimate of drug-likeness (QED) is 0.505. The van der Waals surface area contributed by atoms with E-state index in [0.29, 0.717) is 22.3 Å². The van der Waals surface area contributed by atoms with Crippen molar-refractivity contribution in [2.45, 2.75) is 32.0 Å². The molecule has 3 rings (SSSR count). The Bertz CT molecular complexity index is 1110. The van der Waals surface area contributed by atoms with Gasteiger partial charge < -0.3 is 19.9 Å². The molecule has 32 heavy (non-hydrogen) atoms. The van der Waals surface area contributed by atoms with E-state index in [9.17, 15) is 9.59 Å². The van der Waals surface area contributed by atoms with Crippen LogP contribution in [0.4, 0.5) is 5.69 Å². The van der Waals surface area contributed by atoms with Crippen LogP contribution in [0.2, 0.25) is 0 Å². The van der Waals surface area contributed by atoms with Crippen molar-refractivity contribution >= 4 is 29.3 Å². The van der Waals surface area contributed by atoms with Crippen LogP contribution in [0.1, 0.15) is 40.3 Å². The van der Waals surface area contributed by atoms with Gasteiger partial charge >= 0.3 is 0 Å². The molecule has 0 saturated heterocycles. The van der Waals surface area contributed by atoms with Gasteiger partial charge in [0, 0.05) is 18.3 Å². The first-order chi connectivity index (χ1) is 15.3. The van der Waals surface area contributed by atoms with E-state index in [0.717, 1.165) is 16.8 Å². The third kappa shape index (κ3) is 5.67. The molecule has 2 amide bonds. The molecule has 0 aliphatic heterocycles. The molecule has 168 valence electrons. The number of ether oxygens (including phenoxy) is 1. The SMILES string of the molecule is COc1ccc(C(=O)NC(C)c2nnc(SCC(=O)Nc3cc(C)ccc3C)n2C)cc1. The third-order valence-corrected chi connectivity index (χ3v) is 5.98. The zero-order valence-electron chi connectivity index (χ0n) is 18.8. The molecule has 0 bridgehead atoms. The lowest BCUT2D eigenvalue weighted by Crippen LogP contribution is -2.28. The second-order valence-corrected chi connectivity index (χ2v) is 8.42. The number of carbonyl (C=O) groups excluding carboxylic acids is 2. The number of methoxy groups -OCH3 is 1. The number of aryl methyl sites for hydroxylation is 2. The van der Waals surface area contributed by atoms with Crippen LogP contribution in [0.25, 0.3) is 0 Å². The van der Waals surface area contributed by atoms with Gasteiger partial charge in [0.05, 0.1) is 18.9 Å². The summed E-state index contributed by atoms with van der Waals surface area (Å²) >= 11 is 1.29. The summed E-state index contributed by atoms with van der Waals surface area (Å²) < 4.78 is 6.90. The van der Waals surface area contributed by atoms with E-state index in [2.05, 4.69) is 20.8 Å². The maximum atomic E-state index is 12.5. The Morgan fingerprint density at radius 3 is 2.53 bits per heavy atom. The summed E-state index contributed by atoms with van der Waals surface area (Å²) in [6, 6.07) is 12.5. The number of benzene rings is 2. The summed E-state index contributed by atoms with van der Waals surface area (Å²) in [4.78, 5) is 24.9. The van der Waals surface area contributed by atoms with Crippen molar-refractivity contribution in [2.75, 3.05) is 18.2 Å². The van der Waals surface area contributed by atoms with Crippen LogP contribution in [0.15, 0.2) is 47.6 Å². The van der Waals surface area contributed by atoms with Crippen molar-refractivity contribution in [3.8, 4) is 5.75 Å². The average Bonchev–Trinajstić information content (AvgIpc) is 3.15. The first-order valence-corrected chi connectivity index (χ1v) is 11.1. The molecule has 0 saturated carbocycles. The van der Waals surface area contributed by atoms with Crippen LogP contribution in [-0.2, 0) is 11.8 Å². The van der Waals surface area contributed by atoms with Crippen molar-refractivity contribution in [1.82, 2.24) is 20.1 Å². The number of hydrogen-bond donors (Lipinski definition) is 2. The summed E-state index contributed by atoms with van der Waals surface area (Å²) in [6.45, 7) is 5.78. The molecule has 1 aromatic heterocycles. The maximum Gasteiger partial charge on any atom is 0.251 e. The van der Waals surface area contributed by atoms with Gasteiger partial charge in [0.2, 0.25) is 5.91 Å². The molecule has 8 nitrogen and oxygen atoms in total. The van der Waals surface area contributed by atoms with Gasteiger partial charge in [-0.15, -0.1) is 10.2 Å². The van der Waals surface area contributed by atoms with E-state index < -0.39 is 0 Å². The van der Waals surface area contributed by atoms with E-state index in [1.54, 1.807) is 35.9 Å². The van der Waals surface area contributed by atoms with Crippen LogP contribution < -0.4 is 15.4 Å². The molecule has 2 N–H and O–H groups in total. The second-order valence-electron chi connectivity index (χ2n) is 7.48. The predicted octanol–water partition coefficient (Wildman–Crippen LogP) is 3.66. The minimum Gasteiger partial charge on any atom is -0.497 e. The smallest absolute Gasteiger partial charge is 0.251 e. The number of rotatable bonds is 8. The van der Waals surface area contributed by atoms with E-state index in [-0.39, 0.29) is 23.6 Å². The van der Waals surface area contributed by atoms with Gasteiger partial charge in [-0.25, -0.2) is 0 Å². The number of hydrogen-bond acceptors (Lipinski definition) is 6. The topological polar surface area (TPSA) is 98.1 Å². The molecule has 0 radical (unpaired) electrons. The highest BCUT2D eigenvalue weighted by Crippen LogP contribution is 2.21. The van der Waals surface area contributed by atoms with E-state index in [4.69, 9.17) is 4.74 Å². The van der Waals surface area contributed by atoms with Crippen LogP contribution in [0, 0.1) is 13.8 Å². The number of thioether (sulfide) groups is 1. The van der Waals surface area contributed by atoms with E-state index in [1.165, 1.54) is 11.8 Å². The Labute approximate surface area is 191 Å². The Balaban J connectivity index is 1.58. The van der Waals surface area contributed by atoms with Crippen molar-refractivity contribution in [2.24, 2.45) is 7.05 Å². The highest BCUT2D eigenvalue weighted by atomic mass is 32.2. The molecule has 0 aliphatic rings. The molecule has 9 heteroatoms.